The monoisotopic (exact) mass is 272 g/mol. The molecule has 0 spiro atoms. The Bertz CT molecular complexity index is 420. The highest BCUT2D eigenvalue weighted by molar-refractivity contribution is 6.14. The van der Waals surface area contributed by atoms with E-state index in [-0.39, 0.29) is 17.6 Å². The fourth-order valence-electron chi connectivity index (χ4n) is 2.81. The Labute approximate surface area is 113 Å². The highest BCUT2D eigenvalue weighted by atomic mass is 35.5. The first-order chi connectivity index (χ1) is 8.43. The van der Waals surface area contributed by atoms with Crippen molar-refractivity contribution in [2.75, 3.05) is 0 Å². The minimum Gasteiger partial charge on any atom is -0.390 e. The van der Waals surface area contributed by atoms with Crippen molar-refractivity contribution in [1.82, 2.24) is 19.8 Å². The molecular weight excluding hydrogens is 252 g/mol. The van der Waals surface area contributed by atoms with Crippen molar-refractivity contribution in [2.24, 2.45) is 11.3 Å². The minimum absolute atomic E-state index is 0.0559. The first-order valence-electron chi connectivity index (χ1n) is 6.30. The van der Waals surface area contributed by atoms with Crippen LogP contribution in [0.25, 0.3) is 0 Å². The molecule has 6 heteroatoms. The third-order valence-corrected chi connectivity index (χ3v) is 5.22. The van der Waals surface area contributed by atoms with Crippen molar-refractivity contribution >= 4 is 11.8 Å². The van der Waals surface area contributed by atoms with Crippen LogP contribution >= 0.6 is 11.8 Å². The molecular formula is C12H21ClN4O. The van der Waals surface area contributed by atoms with Crippen molar-refractivity contribution in [2.45, 2.75) is 52.3 Å². The van der Waals surface area contributed by atoms with Gasteiger partial charge in [-0.15, -0.1) is 5.10 Å². The Balaban J connectivity index is 2.11. The minimum atomic E-state index is -0.0605. The first-order valence-corrected chi connectivity index (χ1v) is 6.68. The summed E-state index contributed by atoms with van der Waals surface area (Å²) in [6.07, 6.45) is 3.97. The standard InChI is InChI=1S/C12H21ClN4O/c1-11(2)9(4-5-12(11,3)15-13)6-17-7-10(8-18)14-16-17/h7,9,15,18H,4-6,8H2,1-3H3/t9-,12-/m1/s1. The molecule has 0 radical (unpaired) electrons. The van der Waals surface area contributed by atoms with Gasteiger partial charge in [0, 0.05) is 12.1 Å². The Kier molecular flexibility index (Phi) is 3.67. The van der Waals surface area contributed by atoms with E-state index in [9.17, 15) is 0 Å². The maximum absolute atomic E-state index is 8.99. The van der Waals surface area contributed by atoms with Crippen molar-refractivity contribution in [3.05, 3.63) is 11.9 Å². The van der Waals surface area contributed by atoms with Gasteiger partial charge in [0.15, 0.2) is 0 Å². The molecule has 2 rings (SSSR count). The molecule has 0 unspecified atom stereocenters. The van der Waals surface area contributed by atoms with Gasteiger partial charge in [-0.05, 0) is 42.9 Å². The maximum atomic E-state index is 8.99. The van der Waals surface area contributed by atoms with Gasteiger partial charge in [0.1, 0.15) is 5.69 Å². The fraction of sp³-hybridized carbons (Fsp3) is 0.833. The number of nitrogens with one attached hydrogen (secondary N) is 1. The zero-order chi connectivity index (χ0) is 13.4. The molecule has 1 saturated carbocycles. The Morgan fingerprint density at radius 2 is 2.28 bits per heavy atom. The molecule has 18 heavy (non-hydrogen) atoms. The number of aliphatic hydroxyl groups excluding tert-OH is 1. The average Bonchev–Trinajstić information content (AvgIpc) is 2.88. The van der Waals surface area contributed by atoms with Gasteiger partial charge < -0.3 is 5.11 Å². The lowest BCUT2D eigenvalue weighted by molar-refractivity contribution is 0.135. The number of rotatable bonds is 4. The average molecular weight is 273 g/mol. The first kappa shape index (κ1) is 13.8. The zero-order valence-corrected chi connectivity index (χ0v) is 11.9. The van der Waals surface area contributed by atoms with Crippen molar-refractivity contribution in [3.63, 3.8) is 0 Å². The largest absolute Gasteiger partial charge is 0.390 e. The molecule has 0 bridgehead atoms. The van der Waals surface area contributed by atoms with E-state index >= 15 is 0 Å². The molecule has 0 aromatic carbocycles. The Morgan fingerprint density at radius 3 is 2.78 bits per heavy atom. The molecule has 0 amide bonds. The molecule has 5 nitrogen and oxygen atoms in total. The molecule has 2 N–H and O–H groups in total. The van der Waals surface area contributed by atoms with Crippen LogP contribution in [0.1, 0.15) is 39.3 Å². The van der Waals surface area contributed by atoms with Gasteiger partial charge in [0.2, 0.25) is 0 Å². The summed E-state index contributed by atoms with van der Waals surface area (Å²) in [6, 6.07) is 0. The van der Waals surface area contributed by atoms with E-state index < -0.39 is 0 Å². The molecule has 2 atom stereocenters. The smallest absolute Gasteiger partial charge is 0.108 e. The van der Waals surface area contributed by atoms with Gasteiger partial charge in [0.25, 0.3) is 0 Å². The van der Waals surface area contributed by atoms with Crippen LogP contribution in [-0.2, 0) is 13.2 Å². The van der Waals surface area contributed by atoms with Crippen LogP contribution in [0.4, 0.5) is 0 Å². The molecule has 102 valence electrons. The number of aliphatic hydroxyl groups is 1. The van der Waals surface area contributed by atoms with Crippen LogP contribution in [0.3, 0.4) is 0 Å². The van der Waals surface area contributed by atoms with Gasteiger partial charge in [-0.3, -0.25) is 4.68 Å². The molecule has 1 heterocycles. The number of hydrogen-bond acceptors (Lipinski definition) is 4. The predicted molar refractivity (Wildman–Crippen MR) is 69.8 cm³/mol. The van der Waals surface area contributed by atoms with E-state index in [1.165, 1.54) is 0 Å². The SMILES string of the molecule is CC1(C)[C@@H](Cn2cc(CO)nn2)CC[C@@]1(C)NCl. The van der Waals surface area contributed by atoms with Gasteiger partial charge >= 0.3 is 0 Å². The highest BCUT2D eigenvalue weighted by Gasteiger charge is 2.51. The van der Waals surface area contributed by atoms with Crippen molar-refractivity contribution in [3.8, 4) is 0 Å². The summed E-state index contributed by atoms with van der Waals surface area (Å²) >= 11 is 5.91. The van der Waals surface area contributed by atoms with Gasteiger partial charge in [-0.1, -0.05) is 19.1 Å². The number of hydrogen-bond donors (Lipinski definition) is 2. The third kappa shape index (κ3) is 2.15. The normalized spacial score (nSPS) is 30.8. The summed E-state index contributed by atoms with van der Waals surface area (Å²) in [4.78, 5) is 2.95. The van der Waals surface area contributed by atoms with E-state index in [0.717, 1.165) is 19.4 Å². The third-order valence-electron chi connectivity index (χ3n) is 4.80. The summed E-state index contributed by atoms with van der Waals surface area (Å²) in [6.45, 7) is 7.40. The van der Waals surface area contributed by atoms with Crippen LogP contribution in [0.5, 0.6) is 0 Å². The van der Waals surface area contributed by atoms with Crippen LogP contribution < -0.4 is 4.84 Å². The van der Waals surface area contributed by atoms with Crippen LogP contribution in [0, 0.1) is 11.3 Å². The highest BCUT2D eigenvalue weighted by Crippen LogP contribution is 2.50. The van der Waals surface area contributed by atoms with Crippen molar-refractivity contribution in [1.29, 1.82) is 0 Å². The molecule has 1 aromatic rings. The quantitative estimate of drug-likeness (QED) is 0.819. The van der Waals surface area contributed by atoms with Gasteiger partial charge in [-0.25, -0.2) is 4.84 Å². The lowest BCUT2D eigenvalue weighted by atomic mass is 9.72. The summed E-state index contributed by atoms with van der Waals surface area (Å²) in [5, 5.41) is 16.9. The van der Waals surface area contributed by atoms with E-state index in [1.54, 1.807) is 6.20 Å². The van der Waals surface area contributed by atoms with E-state index in [2.05, 4.69) is 35.9 Å². The molecule has 1 aliphatic rings. The number of aromatic nitrogens is 3. The topological polar surface area (TPSA) is 63.0 Å². The lowest BCUT2D eigenvalue weighted by Gasteiger charge is -2.40. The van der Waals surface area contributed by atoms with E-state index in [4.69, 9.17) is 16.9 Å². The second-order valence-corrected chi connectivity index (χ2v) is 6.16. The maximum Gasteiger partial charge on any atom is 0.108 e. The lowest BCUT2D eigenvalue weighted by Crippen LogP contribution is -2.48. The summed E-state index contributed by atoms with van der Waals surface area (Å²) in [5.41, 5.74) is 0.642. The second-order valence-electron chi connectivity index (χ2n) is 5.97. The molecule has 0 aliphatic heterocycles. The van der Waals surface area contributed by atoms with Crippen LogP contribution in [-0.4, -0.2) is 25.6 Å². The van der Waals surface area contributed by atoms with Crippen LogP contribution in [0.2, 0.25) is 0 Å². The number of halogens is 1. The summed E-state index contributed by atoms with van der Waals surface area (Å²) in [5.74, 6) is 0.488. The van der Waals surface area contributed by atoms with Crippen LogP contribution in [0.15, 0.2) is 6.20 Å². The summed E-state index contributed by atoms with van der Waals surface area (Å²) in [7, 11) is 0. The van der Waals surface area contributed by atoms with Gasteiger partial charge in [0.05, 0.1) is 12.8 Å². The summed E-state index contributed by atoms with van der Waals surface area (Å²) < 4.78 is 1.82. The molecule has 1 aromatic heterocycles. The van der Waals surface area contributed by atoms with E-state index in [1.807, 2.05) is 4.68 Å². The Hall–Kier alpha value is -0.650. The Morgan fingerprint density at radius 1 is 1.56 bits per heavy atom. The molecule has 1 fully saturated rings. The van der Waals surface area contributed by atoms with E-state index in [0.29, 0.717) is 11.6 Å². The number of nitrogens with zero attached hydrogens (tertiary/aromatic N) is 3. The van der Waals surface area contributed by atoms with Gasteiger partial charge in [-0.2, -0.15) is 0 Å². The zero-order valence-electron chi connectivity index (χ0n) is 11.1. The fourth-order valence-corrected chi connectivity index (χ4v) is 3.15. The molecule has 0 saturated heterocycles. The molecule has 1 aliphatic carbocycles. The van der Waals surface area contributed by atoms with Crippen molar-refractivity contribution < 1.29 is 5.11 Å². The second kappa shape index (κ2) is 4.79. The predicted octanol–water partition coefficient (Wildman–Crippen LogP) is 1.71.